The first-order valence-corrected chi connectivity index (χ1v) is 7.51. The molecular formula is C14H21N3O7. The molecule has 24 heavy (non-hydrogen) atoms. The highest BCUT2D eigenvalue weighted by molar-refractivity contribution is 5.27. The number of hydrogen-bond acceptors (Lipinski definition) is 8. The molecule has 10 heteroatoms. The molecule has 0 aliphatic carbocycles. The van der Waals surface area contributed by atoms with Crippen LogP contribution >= 0.6 is 0 Å². The van der Waals surface area contributed by atoms with Crippen LogP contribution in [0.15, 0.2) is 15.7 Å². The Hall–Kier alpha value is -1.72. The molecule has 134 valence electrons. The van der Waals surface area contributed by atoms with Crippen LogP contribution in [-0.4, -0.2) is 54.2 Å². The Kier molecular flexibility index (Phi) is 4.49. The van der Waals surface area contributed by atoms with Gasteiger partial charge in [0, 0.05) is 13.2 Å². The summed E-state index contributed by atoms with van der Waals surface area (Å²) in [5, 5.41) is 0. The third kappa shape index (κ3) is 3.10. The number of nitrogens with zero attached hydrogens (tertiary/aromatic N) is 1. The number of anilines is 1. The van der Waals surface area contributed by atoms with Gasteiger partial charge in [0.15, 0.2) is 12.0 Å². The van der Waals surface area contributed by atoms with E-state index in [1.807, 2.05) is 0 Å². The summed E-state index contributed by atoms with van der Waals surface area (Å²) in [5.74, 6) is -0.850. The summed E-state index contributed by atoms with van der Waals surface area (Å²) in [6.45, 7) is 3.85. The van der Waals surface area contributed by atoms with Crippen molar-refractivity contribution in [2.24, 2.45) is 0 Å². The summed E-state index contributed by atoms with van der Waals surface area (Å²) in [6, 6.07) is 1.12. The molecular weight excluding hydrogens is 322 g/mol. The molecule has 0 saturated carbocycles. The Labute approximate surface area is 137 Å². The first kappa shape index (κ1) is 17.1. The summed E-state index contributed by atoms with van der Waals surface area (Å²) in [7, 11) is 1.51. The lowest BCUT2D eigenvalue weighted by molar-refractivity contribution is -0.205. The van der Waals surface area contributed by atoms with Gasteiger partial charge in [-0.2, -0.15) is 0 Å². The van der Waals surface area contributed by atoms with Gasteiger partial charge in [0.1, 0.15) is 30.9 Å². The van der Waals surface area contributed by atoms with Gasteiger partial charge >= 0.3 is 5.69 Å². The topological polar surface area (TPSA) is 127 Å². The standard InChI is InChI=1S/C14H21N3O7/c1-14(2)23-10-7(5-21-6-20-3)22-12(11(10)24-14)17-8(15)4-9(18)16-13(17)19/h4,7,10-12H,5-6,15H2,1-3H3,(H,16,18,19)/t7-,10-,11-,12-/m1/s1. The third-order valence-corrected chi connectivity index (χ3v) is 3.87. The summed E-state index contributed by atoms with van der Waals surface area (Å²) in [5.41, 5.74) is 4.59. The smallest absolute Gasteiger partial charge is 0.332 e. The molecule has 2 fully saturated rings. The predicted molar refractivity (Wildman–Crippen MR) is 81.3 cm³/mol. The number of ether oxygens (including phenoxy) is 5. The number of nitrogens with one attached hydrogen (secondary N) is 1. The average Bonchev–Trinajstić information content (AvgIpc) is 2.93. The van der Waals surface area contributed by atoms with Crippen LogP contribution < -0.4 is 17.0 Å². The van der Waals surface area contributed by atoms with Crippen LogP contribution in [0.4, 0.5) is 5.82 Å². The van der Waals surface area contributed by atoms with Gasteiger partial charge in [-0.25, -0.2) is 4.79 Å². The minimum absolute atomic E-state index is 0.0146. The van der Waals surface area contributed by atoms with Crippen molar-refractivity contribution in [1.82, 2.24) is 9.55 Å². The largest absolute Gasteiger partial charge is 0.385 e. The molecule has 3 N–H and O–H groups in total. The SMILES string of the molecule is COCOC[C@H]1O[C@@H](n2c(N)cc(=O)[nH]c2=O)[C@@H]2OC(C)(C)O[C@@H]21. The number of H-pyrrole nitrogens is 1. The summed E-state index contributed by atoms with van der Waals surface area (Å²) in [6.07, 6.45) is -2.32. The van der Waals surface area contributed by atoms with Gasteiger partial charge in [0.05, 0.1) is 6.61 Å². The maximum atomic E-state index is 12.2. The summed E-state index contributed by atoms with van der Waals surface area (Å²) < 4.78 is 29.0. The van der Waals surface area contributed by atoms with E-state index in [2.05, 4.69) is 4.98 Å². The minimum Gasteiger partial charge on any atom is -0.385 e. The lowest BCUT2D eigenvalue weighted by Gasteiger charge is -2.25. The molecule has 0 amide bonds. The van der Waals surface area contributed by atoms with Crippen molar-refractivity contribution in [3.05, 3.63) is 26.9 Å². The lowest BCUT2D eigenvalue weighted by Crippen LogP contribution is -2.39. The third-order valence-electron chi connectivity index (χ3n) is 3.87. The van der Waals surface area contributed by atoms with Crippen LogP contribution in [0.2, 0.25) is 0 Å². The van der Waals surface area contributed by atoms with Crippen molar-refractivity contribution in [1.29, 1.82) is 0 Å². The second-order valence-corrected chi connectivity index (χ2v) is 6.14. The van der Waals surface area contributed by atoms with Gasteiger partial charge in [-0.3, -0.25) is 14.3 Å². The summed E-state index contributed by atoms with van der Waals surface area (Å²) in [4.78, 5) is 25.7. The van der Waals surface area contributed by atoms with Crippen LogP contribution in [-0.2, 0) is 23.7 Å². The Morgan fingerprint density at radius 3 is 2.71 bits per heavy atom. The summed E-state index contributed by atoms with van der Waals surface area (Å²) >= 11 is 0. The van der Waals surface area contributed by atoms with Crippen molar-refractivity contribution in [2.75, 3.05) is 26.2 Å². The van der Waals surface area contributed by atoms with E-state index in [0.717, 1.165) is 10.6 Å². The molecule has 2 saturated heterocycles. The number of aromatic amines is 1. The highest BCUT2D eigenvalue weighted by Crippen LogP contribution is 2.43. The van der Waals surface area contributed by atoms with E-state index in [1.54, 1.807) is 13.8 Å². The Balaban J connectivity index is 1.91. The fourth-order valence-corrected chi connectivity index (χ4v) is 3.03. The number of nitrogens with two attached hydrogens (primary N) is 1. The van der Waals surface area contributed by atoms with Crippen LogP contribution in [0.1, 0.15) is 20.1 Å². The van der Waals surface area contributed by atoms with Crippen molar-refractivity contribution in [2.45, 2.75) is 44.2 Å². The molecule has 1 aromatic rings. The Bertz CT molecular complexity index is 713. The molecule has 0 radical (unpaired) electrons. The van der Waals surface area contributed by atoms with Gasteiger partial charge in [0.25, 0.3) is 5.56 Å². The second-order valence-electron chi connectivity index (χ2n) is 6.14. The molecule has 2 aliphatic heterocycles. The van der Waals surface area contributed by atoms with Crippen LogP contribution in [0, 0.1) is 0 Å². The highest BCUT2D eigenvalue weighted by atomic mass is 16.8. The van der Waals surface area contributed by atoms with Gasteiger partial charge in [0.2, 0.25) is 0 Å². The van der Waals surface area contributed by atoms with E-state index >= 15 is 0 Å². The van der Waals surface area contributed by atoms with Crippen LogP contribution in [0.5, 0.6) is 0 Å². The predicted octanol–water partition coefficient (Wildman–Crippen LogP) is -0.843. The maximum Gasteiger partial charge on any atom is 0.332 e. The van der Waals surface area contributed by atoms with Crippen molar-refractivity contribution < 1.29 is 23.7 Å². The quantitative estimate of drug-likeness (QED) is 0.523. The molecule has 4 atom stereocenters. The van der Waals surface area contributed by atoms with Crippen molar-refractivity contribution >= 4 is 5.82 Å². The molecule has 0 spiro atoms. The van der Waals surface area contributed by atoms with E-state index in [9.17, 15) is 9.59 Å². The lowest BCUT2D eigenvalue weighted by atomic mass is 10.1. The normalized spacial score (nSPS) is 31.3. The van der Waals surface area contributed by atoms with Crippen LogP contribution in [0.25, 0.3) is 0 Å². The number of methoxy groups -OCH3 is 1. The van der Waals surface area contributed by atoms with Crippen molar-refractivity contribution in [3.8, 4) is 0 Å². The average molecular weight is 343 g/mol. The van der Waals surface area contributed by atoms with Crippen LogP contribution in [0.3, 0.4) is 0 Å². The minimum atomic E-state index is -0.836. The van der Waals surface area contributed by atoms with E-state index < -0.39 is 41.6 Å². The van der Waals surface area contributed by atoms with E-state index in [4.69, 9.17) is 29.4 Å². The molecule has 1 aromatic heterocycles. The second kappa shape index (κ2) is 6.30. The highest BCUT2D eigenvalue weighted by Gasteiger charge is 2.56. The zero-order chi connectivity index (χ0) is 17.5. The molecule has 3 rings (SSSR count). The number of aromatic nitrogens is 2. The Morgan fingerprint density at radius 1 is 1.33 bits per heavy atom. The Morgan fingerprint density at radius 2 is 2.04 bits per heavy atom. The number of hydrogen-bond donors (Lipinski definition) is 2. The van der Waals surface area contributed by atoms with E-state index in [-0.39, 0.29) is 19.2 Å². The zero-order valence-electron chi connectivity index (χ0n) is 13.7. The van der Waals surface area contributed by atoms with Crippen molar-refractivity contribution in [3.63, 3.8) is 0 Å². The van der Waals surface area contributed by atoms with E-state index in [0.29, 0.717) is 0 Å². The monoisotopic (exact) mass is 343 g/mol. The first-order valence-electron chi connectivity index (χ1n) is 7.51. The first-order chi connectivity index (χ1) is 11.3. The zero-order valence-corrected chi connectivity index (χ0v) is 13.7. The van der Waals surface area contributed by atoms with Gasteiger partial charge in [-0.1, -0.05) is 0 Å². The number of rotatable bonds is 5. The molecule has 10 nitrogen and oxygen atoms in total. The fraction of sp³-hybridized carbons (Fsp3) is 0.714. The van der Waals surface area contributed by atoms with Gasteiger partial charge < -0.3 is 29.4 Å². The van der Waals surface area contributed by atoms with Gasteiger partial charge in [-0.15, -0.1) is 0 Å². The maximum absolute atomic E-state index is 12.2. The molecule has 2 aliphatic rings. The number of nitrogen functional groups attached to an aromatic ring is 1. The molecule has 0 unspecified atom stereocenters. The molecule has 0 bridgehead atoms. The van der Waals surface area contributed by atoms with E-state index in [1.165, 1.54) is 7.11 Å². The van der Waals surface area contributed by atoms with Gasteiger partial charge in [-0.05, 0) is 13.8 Å². The fourth-order valence-electron chi connectivity index (χ4n) is 3.03. The molecule has 0 aromatic carbocycles. The molecule has 3 heterocycles. The number of fused-ring (bicyclic) bond motifs is 1.